The first-order valence-electron chi connectivity index (χ1n) is 36.1. The minimum atomic E-state index is -0.622. The molecule has 0 saturated heterocycles. The second-order valence-corrected chi connectivity index (χ2v) is 34.9. The smallest absolute Gasteiger partial charge is 0.311 e. The van der Waals surface area contributed by atoms with Gasteiger partial charge < -0.3 is 29.9 Å². The van der Waals surface area contributed by atoms with E-state index >= 15 is 0 Å². The van der Waals surface area contributed by atoms with Crippen LogP contribution < -0.4 is 0 Å². The maximum Gasteiger partial charge on any atom is 0.311 e. The number of aliphatic carboxylic acids is 2. The van der Waals surface area contributed by atoms with Crippen LogP contribution in [0.5, 0.6) is 0 Å². The standard InChI is InChI=1S/C21H32O2.C20H32O3.C20H30O2.C19H30O3/c1-6-19(2)12-7-9-16-15(19)10-11-17-20(16,3)13-8-14-21(17,4)18(22)23-5;1-18(13-21)10-5-7-15-14(18)8-9-16-19(15,2)11-6-12-20(16,3)17(22)23-4;1-5-18(2)11-6-8-15-14(18)9-10-16-19(15,3)12-7-13-20(16,4)17(21)22;1-17(12-20)9-4-6-14-13(17)7-8-15-18(14,2)10-5-11-19(15,3)16(21)22/h6,9,15,17H,1,7-8,10-14H2,2-5H3;7,14,16,21H,5-6,8-13H2,1-4H3;5,8,14,16H,1,6-7,9-13H2,2-4H3,(H,21,22);6,13,15,20H,4-5,7-12H2,1-3H3,(H,21,22)/t15?,17?,19-,20?,21?;2*14?,16?,18-,19?,20?;13?,15?,17-,18?,19?/m0101/s1. The fourth-order valence-electron chi connectivity index (χ4n) is 24.5. The van der Waals surface area contributed by atoms with Crippen LogP contribution in [0.15, 0.2) is 71.9 Å². The van der Waals surface area contributed by atoms with Crippen molar-refractivity contribution in [3.8, 4) is 0 Å². The minimum absolute atomic E-state index is 0.00485. The Kier molecular flexibility index (Phi) is 19.9. The maximum atomic E-state index is 12.6. The monoisotopic (exact) mass is 1240 g/mol. The molecule has 504 valence electrons. The Bertz CT molecular complexity index is 2880. The van der Waals surface area contributed by atoms with E-state index in [0.29, 0.717) is 35.5 Å². The van der Waals surface area contributed by atoms with Crippen molar-refractivity contribution in [1.29, 1.82) is 0 Å². The molecule has 20 atom stereocenters. The maximum absolute atomic E-state index is 12.6. The number of hydrogen-bond acceptors (Lipinski definition) is 8. The van der Waals surface area contributed by atoms with Gasteiger partial charge in [-0.15, -0.1) is 13.2 Å². The van der Waals surface area contributed by atoms with Crippen LogP contribution in [-0.2, 0) is 28.7 Å². The summed E-state index contributed by atoms with van der Waals surface area (Å²) in [5, 5.41) is 39.6. The third kappa shape index (κ3) is 11.2. The highest BCUT2D eigenvalue weighted by Gasteiger charge is 2.64. The second kappa shape index (κ2) is 25.4. The van der Waals surface area contributed by atoms with Crippen LogP contribution in [0.25, 0.3) is 0 Å². The number of hydrogen-bond donors (Lipinski definition) is 4. The lowest BCUT2D eigenvalue weighted by atomic mass is 9.44. The molecule has 16 unspecified atom stereocenters. The van der Waals surface area contributed by atoms with Crippen LogP contribution in [0.4, 0.5) is 0 Å². The predicted molar refractivity (Wildman–Crippen MR) is 361 cm³/mol. The van der Waals surface area contributed by atoms with Gasteiger partial charge in [0, 0.05) is 13.2 Å². The highest BCUT2D eigenvalue weighted by molar-refractivity contribution is 5.78. The van der Waals surface area contributed by atoms with E-state index < -0.39 is 22.8 Å². The summed E-state index contributed by atoms with van der Waals surface area (Å²) in [5.41, 5.74) is 5.06. The molecule has 0 aromatic carbocycles. The number of fused-ring (bicyclic) bond motifs is 12. The zero-order valence-corrected chi connectivity index (χ0v) is 58.9. The molecule has 0 bridgehead atoms. The molecule has 4 N–H and O–H groups in total. The largest absolute Gasteiger partial charge is 0.481 e. The van der Waals surface area contributed by atoms with E-state index in [1.807, 2.05) is 13.8 Å². The molecule has 8 saturated carbocycles. The molecule has 8 fully saturated rings. The number of carboxylic acids is 2. The number of esters is 2. The fraction of sp³-hybridized carbons (Fsp3) is 0.800. The van der Waals surface area contributed by atoms with Gasteiger partial charge in [-0.2, -0.15) is 0 Å². The van der Waals surface area contributed by atoms with Crippen LogP contribution in [0.3, 0.4) is 0 Å². The lowest BCUT2D eigenvalue weighted by molar-refractivity contribution is -0.165. The van der Waals surface area contributed by atoms with E-state index in [-0.39, 0.29) is 91.1 Å². The summed E-state index contributed by atoms with van der Waals surface area (Å²) in [6, 6.07) is 0. The average Bonchev–Trinajstić information content (AvgIpc) is 0.746. The van der Waals surface area contributed by atoms with Crippen molar-refractivity contribution < 1.29 is 49.1 Å². The van der Waals surface area contributed by atoms with Crippen LogP contribution in [0, 0.1) is 112 Å². The lowest BCUT2D eigenvalue weighted by Crippen LogP contribution is -2.54. The van der Waals surface area contributed by atoms with Gasteiger partial charge in [-0.3, -0.25) is 19.2 Å². The van der Waals surface area contributed by atoms with Crippen LogP contribution >= 0.6 is 0 Å². The first kappa shape index (κ1) is 70.6. The molecule has 12 aliphatic rings. The molecule has 10 nitrogen and oxygen atoms in total. The van der Waals surface area contributed by atoms with Gasteiger partial charge in [0.05, 0.1) is 35.9 Å². The van der Waals surface area contributed by atoms with Crippen molar-refractivity contribution in [3.05, 3.63) is 71.9 Å². The molecule has 0 aliphatic heterocycles. The van der Waals surface area contributed by atoms with Crippen LogP contribution in [0.1, 0.15) is 263 Å². The summed E-state index contributed by atoms with van der Waals surface area (Å²) in [6.45, 7) is 35.6. The van der Waals surface area contributed by atoms with Gasteiger partial charge >= 0.3 is 23.9 Å². The van der Waals surface area contributed by atoms with E-state index in [4.69, 9.17) is 9.47 Å². The molecule has 0 radical (unpaired) electrons. The zero-order valence-electron chi connectivity index (χ0n) is 58.9. The second-order valence-electron chi connectivity index (χ2n) is 34.9. The number of methoxy groups -OCH3 is 2. The third-order valence-electron chi connectivity index (χ3n) is 30.3. The van der Waals surface area contributed by atoms with Gasteiger partial charge in [0.15, 0.2) is 0 Å². The third-order valence-corrected chi connectivity index (χ3v) is 30.3. The van der Waals surface area contributed by atoms with E-state index in [2.05, 4.69) is 119 Å². The quantitative estimate of drug-likeness (QED) is 0.136. The number of carboxylic acid groups (broad SMARTS) is 2. The number of allylic oxidation sites excluding steroid dienone is 10. The van der Waals surface area contributed by atoms with Gasteiger partial charge in [-0.05, 0) is 272 Å². The molecule has 12 rings (SSSR count). The number of aliphatic hydroxyl groups is 2. The van der Waals surface area contributed by atoms with Crippen molar-refractivity contribution in [3.63, 3.8) is 0 Å². The fourth-order valence-corrected chi connectivity index (χ4v) is 24.5. The number of carbonyl (C=O) groups excluding carboxylic acids is 2. The Morgan fingerprint density at radius 2 is 0.656 bits per heavy atom. The van der Waals surface area contributed by atoms with Gasteiger partial charge in [0.2, 0.25) is 0 Å². The highest BCUT2D eigenvalue weighted by Crippen LogP contribution is 2.70. The summed E-state index contributed by atoms with van der Waals surface area (Å²) >= 11 is 0. The van der Waals surface area contributed by atoms with Crippen LogP contribution in [-0.4, -0.2) is 71.7 Å². The van der Waals surface area contributed by atoms with Gasteiger partial charge in [0.25, 0.3) is 0 Å². The highest BCUT2D eigenvalue weighted by atomic mass is 16.5. The lowest BCUT2D eigenvalue weighted by Gasteiger charge is -2.59. The summed E-state index contributed by atoms with van der Waals surface area (Å²) in [5.74, 6) is 2.11. The Hall–Kier alpha value is -3.76. The molecule has 90 heavy (non-hydrogen) atoms. The summed E-state index contributed by atoms with van der Waals surface area (Å²) in [4.78, 5) is 49.1. The number of aliphatic hydroxyl groups excluding tert-OH is 2. The van der Waals surface area contributed by atoms with E-state index in [9.17, 15) is 39.6 Å². The first-order valence-corrected chi connectivity index (χ1v) is 36.1. The van der Waals surface area contributed by atoms with Crippen LogP contribution in [0.2, 0.25) is 0 Å². The normalized spacial score (nSPS) is 47.1. The Morgan fingerprint density at radius 1 is 0.400 bits per heavy atom. The molecular weight excluding hydrogens is 1120 g/mol. The molecular formula is C80H124O10. The van der Waals surface area contributed by atoms with Crippen molar-refractivity contribution in [1.82, 2.24) is 0 Å². The zero-order chi connectivity index (χ0) is 66.1. The molecule has 12 aliphatic carbocycles. The predicted octanol–water partition coefficient (Wildman–Crippen LogP) is 18.6. The number of ether oxygens (including phenoxy) is 2. The SMILES string of the molecule is C=C[C@@]1(C)CCC=C2C1CCC1C(C)(C(=O)O)CCCC21C.C=C[C@@]1(C)CCC=C2C1CCC1C(C)(C(=O)OC)CCCC21C.CC1(C(=O)O)CCCC2(C)C3=CCC[C@](C)(CO)C3CCC12.COC(=O)C1(C)CCCC2(C)C3=CCC[C@](C)(CO)C3CCC12. The Morgan fingerprint density at radius 3 is 0.922 bits per heavy atom. The Balaban J connectivity index is 0.000000142. The average molecular weight is 1250 g/mol. The van der Waals surface area contributed by atoms with E-state index in [1.165, 1.54) is 43.9 Å². The molecule has 0 spiro atoms. The van der Waals surface area contributed by atoms with E-state index in [1.54, 1.807) is 18.3 Å². The molecule has 0 heterocycles. The number of rotatable bonds is 8. The van der Waals surface area contributed by atoms with Crippen molar-refractivity contribution in [2.45, 2.75) is 263 Å². The topological polar surface area (TPSA) is 168 Å². The molecule has 0 aromatic heterocycles. The summed E-state index contributed by atoms with van der Waals surface area (Å²) < 4.78 is 10.4. The van der Waals surface area contributed by atoms with Gasteiger partial charge in [0.1, 0.15) is 0 Å². The van der Waals surface area contributed by atoms with E-state index in [0.717, 1.165) is 154 Å². The summed E-state index contributed by atoms with van der Waals surface area (Å²) in [6.07, 6.45) is 44.0. The van der Waals surface area contributed by atoms with Gasteiger partial charge in [-0.25, -0.2) is 0 Å². The minimum Gasteiger partial charge on any atom is -0.481 e. The number of carbonyl (C=O) groups is 4. The molecule has 10 heteroatoms. The van der Waals surface area contributed by atoms with Crippen molar-refractivity contribution in [2.24, 2.45) is 112 Å². The molecule has 0 amide bonds. The molecule has 0 aromatic rings. The first-order chi connectivity index (χ1) is 42.2. The summed E-state index contributed by atoms with van der Waals surface area (Å²) in [7, 11) is 3.06. The van der Waals surface area contributed by atoms with Crippen molar-refractivity contribution >= 4 is 23.9 Å². The van der Waals surface area contributed by atoms with Gasteiger partial charge in [-0.1, -0.05) is 140 Å². The van der Waals surface area contributed by atoms with Crippen molar-refractivity contribution in [2.75, 3.05) is 27.4 Å². The Labute approximate surface area is 544 Å².